The number of aromatic amines is 1. The van der Waals surface area contributed by atoms with Gasteiger partial charge < -0.3 is 36.5 Å². The van der Waals surface area contributed by atoms with Crippen LogP contribution in [0.3, 0.4) is 0 Å². The van der Waals surface area contributed by atoms with Gasteiger partial charge in [-0.3, -0.25) is 0 Å². The van der Waals surface area contributed by atoms with Crippen molar-refractivity contribution in [3.05, 3.63) is 77.8 Å². The topological polar surface area (TPSA) is 147 Å². The number of aryl methyl sites for hydroxylation is 1. The molecule has 0 amide bonds. The molecular weight excluding hydrogens is 573 g/mol. The highest BCUT2D eigenvalue weighted by atomic mass is 19.1. The van der Waals surface area contributed by atoms with Crippen LogP contribution in [-0.4, -0.2) is 66.7 Å². The Bertz CT molecular complexity index is 1830. The van der Waals surface area contributed by atoms with E-state index in [2.05, 4.69) is 70.8 Å². The molecule has 0 aliphatic carbocycles. The third-order valence-electron chi connectivity index (χ3n) is 8.50. The van der Waals surface area contributed by atoms with Gasteiger partial charge in [0.2, 0.25) is 11.9 Å². The Hall–Kier alpha value is -4.52. The number of aromatic nitrogens is 5. The van der Waals surface area contributed by atoms with Crippen LogP contribution in [0.4, 0.5) is 22.0 Å². The Morgan fingerprint density at radius 2 is 2.00 bits per heavy atom. The van der Waals surface area contributed by atoms with Gasteiger partial charge in [0.05, 0.1) is 23.5 Å². The predicted molar refractivity (Wildman–Crippen MR) is 176 cm³/mol. The summed E-state index contributed by atoms with van der Waals surface area (Å²) in [7, 11) is 0. The summed E-state index contributed by atoms with van der Waals surface area (Å²) >= 11 is 0. The van der Waals surface area contributed by atoms with Crippen LogP contribution in [-0.2, 0) is 6.54 Å². The van der Waals surface area contributed by atoms with Crippen LogP contribution in [0.1, 0.15) is 42.9 Å². The number of aliphatic hydroxyl groups is 2. The summed E-state index contributed by atoms with van der Waals surface area (Å²) in [5, 5.41) is 38.9. The lowest BCUT2D eigenvalue weighted by Crippen LogP contribution is -2.43. The zero-order valence-corrected chi connectivity index (χ0v) is 25.7. The SMILES string of the molecule is C=C(F)C(O)Nc1cccc2cc(-c3cccc(C)c3CNc3nc(NC[C@H]4CCNC[C@@H]4O)nc4c(C(C)C)cnn34)[nH]c12. The third-order valence-corrected chi connectivity index (χ3v) is 8.50. The summed E-state index contributed by atoms with van der Waals surface area (Å²) in [5.41, 5.74) is 7.09. The van der Waals surface area contributed by atoms with Gasteiger partial charge in [-0.05, 0) is 49.1 Å². The van der Waals surface area contributed by atoms with Gasteiger partial charge in [-0.1, -0.05) is 50.8 Å². The third kappa shape index (κ3) is 6.35. The average Bonchev–Trinajstić information content (AvgIpc) is 3.65. The zero-order chi connectivity index (χ0) is 31.7. The first kappa shape index (κ1) is 30.5. The van der Waals surface area contributed by atoms with Crippen LogP contribution >= 0.6 is 0 Å². The maximum atomic E-state index is 13.5. The smallest absolute Gasteiger partial charge is 0.229 e. The Morgan fingerprint density at radius 1 is 1.18 bits per heavy atom. The van der Waals surface area contributed by atoms with Crippen molar-refractivity contribution in [2.24, 2.45) is 5.92 Å². The van der Waals surface area contributed by atoms with Crippen LogP contribution < -0.4 is 21.3 Å². The molecule has 3 atom stereocenters. The van der Waals surface area contributed by atoms with Crippen LogP contribution in [0.5, 0.6) is 0 Å². The second kappa shape index (κ2) is 12.8. The van der Waals surface area contributed by atoms with Gasteiger partial charge in [-0.2, -0.15) is 19.6 Å². The van der Waals surface area contributed by atoms with Crippen molar-refractivity contribution in [2.45, 2.75) is 52.0 Å². The molecule has 1 aliphatic heterocycles. The lowest BCUT2D eigenvalue weighted by molar-refractivity contribution is 0.0883. The standard InChI is InChI=1S/C33H40FN9O2/c1-18(2)24-16-38-43-30(24)41-32(36-14-22-11-12-35-17-28(22)44)42-33(43)37-15-25-19(3)7-5-9-23(25)27-13-21-8-6-10-26(29(21)39-27)40-31(45)20(4)34/h5-10,13,16,18,22,28,31,35,39-40,44-45H,4,11-12,14-15,17H2,1-3H3,(H2,36,37,41,42)/t22-,28+,31?/m1/s1. The number of hydrogen-bond donors (Lipinski definition) is 7. The van der Waals surface area contributed by atoms with Crippen molar-refractivity contribution in [1.82, 2.24) is 29.9 Å². The fourth-order valence-electron chi connectivity index (χ4n) is 5.86. The minimum atomic E-state index is -1.51. The number of anilines is 3. The van der Waals surface area contributed by atoms with E-state index in [0.717, 1.165) is 57.5 Å². The number of nitrogens with zero attached hydrogens (tertiary/aromatic N) is 4. The minimum absolute atomic E-state index is 0.109. The number of halogens is 1. The van der Waals surface area contributed by atoms with E-state index in [1.807, 2.05) is 30.5 Å². The molecule has 0 saturated carbocycles. The van der Waals surface area contributed by atoms with E-state index in [4.69, 9.17) is 9.97 Å². The van der Waals surface area contributed by atoms with Crippen molar-refractivity contribution in [3.63, 3.8) is 0 Å². The molecule has 1 saturated heterocycles. The second-order valence-electron chi connectivity index (χ2n) is 12.0. The number of rotatable bonds is 11. The molecule has 7 N–H and O–H groups in total. The normalized spacial score (nSPS) is 17.6. The first-order chi connectivity index (χ1) is 21.7. The number of piperidine rings is 1. The fourth-order valence-corrected chi connectivity index (χ4v) is 5.86. The van der Waals surface area contributed by atoms with Crippen LogP contribution in [0.15, 0.2) is 61.1 Å². The average molecular weight is 614 g/mol. The quantitative estimate of drug-likeness (QED) is 0.103. The number of aliphatic hydroxyl groups excluding tert-OH is 2. The molecule has 0 bridgehead atoms. The minimum Gasteiger partial charge on any atom is -0.391 e. The van der Waals surface area contributed by atoms with E-state index in [0.29, 0.717) is 37.2 Å². The number of hydrogen-bond acceptors (Lipinski definition) is 9. The Kier molecular flexibility index (Phi) is 8.70. The van der Waals surface area contributed by atoms with Gasteiger partial charge in [-0.25, -0.2) is 4.39 Å². The molecule has 236 valence electrons. The Morgan fingerprint density at radius 3 is 2.78 bits per heavy atom. The first-order valence-electron chi connectivity index (χ1n) is 15.3. The first-order valence-corrected chi connectivity index (χ1v) is 15.3. The van der Waals surface area contributed by atoms with E-state index in [1.165, 1.54) is 0 Å². The highest BCUT2D eigenvalue weighted by Gasteiger charge is 2.24. The molecule has 5 aromatic rings. The number of β-amino-alcohol motifs (C(OH)–C–C–N with tert-alkyl or cyclic N) is 1. The second-order valence-corrected chi connectivity index (χ2v) is 12.0. The Balaban J connectivity index is 1.31. The monoisotopic (exact) mass is 613 g/mol. The molecule has 12 heteroatoms. The van der Waals surface area contributed by atoms with Crippen molar-refractivity contribution in [1.29, 1.82) is 0 Å². The molecule has 3 aromatic heterocycles. The molecule has 11 nitrogen and oxygen atoms in total. The van der Waals surface area contributed by atoms with Gasteiger partial charge >= 0.3 is 0 Å². The summed E-state index contributed by atoms with van der Waals surface area (Å²) in [6, 6.07) is 13.8. The van der Waals surface area contributed by atoms with Crippen LogP contribution in [0.2, 0.25) is 0 Å². The molecular formula is C33H40FN9O2. The van der Waals surface area contributed by atoms with Crippen LogP contribution in [0, 0.1) is 12.8 Å². The summed E-state index contributed by atoms with van der Waals surface area (Å²) in [5.74, 6) is 0.509. The van der Waals surface area contributed by atoms with Gasteiger partial charge in [0.1, 0.15) is 5.83 Å². The summed E-state index contributed by atoms with van der Waals surface area (Å²) in [6.07, 6.45) is 0.787. The molecule has 4 heterocycles. The number of nitrogens with one attached hydrogen (secondary N) is 5. The highest BCUT2D eigenvalue weighted by Crippen LogP contribution is 2.33. The van der Waals surface area contributed by atoms with E-state index in [9.17, 15) is 14.6 Å². The lowest BCUT2D eigenvalue weighted by atomic mass is 9.95. The predicted octanol–water partition coefficient (Wildman–Crippen LogP) is 4.91. The molecule has 0 radical (unpaired) electrons. The maximum absolute atomic E-state index is 13.5. The molecule has 1 fully saturated rings. The Labute approximate surface area is 261 Å². The zero-order valence-electron chi connectivity index (χ0n) is 25.7. The van der Waals surface area contributed by atoms with Gasteiger partial charge in [0.15, 0.2) is 11.9 Å². The molecule has 6 rings (SSSR count). The van der Waals surface area contributed by atoms with Crippen LogP contribution in [0.25, 0.3) is 27.8 Å². The fraction of sp³-hybridized carbons (Fsp3) is 0.364. The lowest BCUT2D eigenvalue weighted by Gasteiger charge is -2.28. The van der Waals surface area contributed by atoms with Gasteiger partial charge in [0.25, 0.3) is 0 Å². The van der Waals surface area contributed by atoms with Crippen molar-refractivity contribution in [2.75, 3.05) is 35.6 Å². The molecule has 45 heavy (non-hydrogen) atoms. The van der Waals surface area contributed by atoms with E-state index in [-0.39, 0.29) is 11.8 Å². The van der Waals surface area contributed by atoms with Crippen molar-refractivity contribution >= 4 is 34.1 Å². The van der Waals surface area contributed by atoms with Crippen molar-refractivity contribution < 1.29 is 14.6 Å². The summed E-state index contributed by atoms with van der Waals surface area (Å²) in [4.78, 5) is 13.1. The largest absolute Gasteiger partial charge is 0.391 e. The van der Waals surface area contributed by atoms with Crippen molar-refractivity contribution in [3.8, 4) is 11.3 Å². The number of fused-ring (bicyclic) bond motifs is 2. The van der Waals surface area contributed by atoms with E-state index >= 15 is 0 Å². The summed E-state index contributed by atoms with van der Waals surface area (Å²) in [6.45, 7) is 12.0. The van der Waals surface area contributed by atoms with Gasteiger partial charge in [-0.15, -0.1) is 0 Å². The molecule has 0 spiro atoms. The van der Waals surface area contributed by atoms with E-state index < -0.39 is 18.2 Å². The van der Waals surface area contributed by atoms with E-state index in [1.54, 1.807) is 10.6 Å². The molecule has 2 aromatic carbocycles. The molecule has 1 aliphatic rings. The number of H-pyrrole nitrogens is 1. The maximum Gasteiger partial charge on any atom is 0.229 e. The number of para-hydroxylation sites is 1. The highest BCUT2D eigenvalue weighted by molar-refractivity contribution is 5.95. The number of benzene rings is 2. The molecule has 1 unspecified atom stereocenters. The summed E-state index contributed by atoms with van der Waals surface area (Å²) < 4.78 is 15.3. The van der Waals surface area contributed by atoms with Gasteiger partial charge in [0, 0.05) is 47.8 Å².